The Hall–Kier alpha value is -3.21. The molecule has 2 bridgehead atoms. The largest absolute Gasteiger partial charge is 0.329 e. The number of para-hydroxylation sites is 1. The summed E-state index contributed by atoms with van der Waals surface area (Å²) in [6, 6.07) is 19.1. The minimum absolute atomic E-state index is 0.110. The van der Waals surface area contributed by atoms with Gasteiger partial charge in [-0.15, -0.1) is 0 Å². The predicted molar refractivity (Wildman–Crippen MR) is 166 cm³/mol. The molecule has 1 N–H and O–H groups in total. The molecule has 0 spiro atoms. The molecule has 2 saturated heterocycles. The summed E-state index contributed by atoms with van der Waals surface area (Å²) < 4.78 is 28.2. The second kappa shape index (κ2) is 11.8. The third kappa shape index (κ3) is 5.98. The van der Waals surface area contributed by atoms with Gasteiger partial charge in [0, 0.05) is 61.2 Å². The molecule has 3 aliphatic heterocycles. The molecular weight excluding hydrogens is 548 g/mol. The molecule has 2 amide bonds. The van der Waals surface area contributed by atoms with Crippen LogP contribution in [0.4, 0.5) is 16.2 Å². The molecule has 224 valence electrons. The van der Waals surface area contributed by atoms with Gasteiger partial charge >= 0.3 is 6.03 Å². The number of nitrogens with one attached hydrogen (secondary N) is 1. The van der Waals surface area contributed by atoms with Crippen LogP contribution in [0.25, 0.3) is 0 Å². The smallest absolute Gasteiger partial charge is 0.326 e. The van der Waals surface area contributed by atoms with E-state index in [2.05, 4.69) is 21.7 Å². The second-order valence-corrected chi connectivity index (χ2v) is 14.1. The van der Waals surface area contributed by atoms with Gasteiger partial charge in [-0.1, -0.05) is 35.9 Å². The van der Waals surface area contributed by atoms with Gasteiger partial charge in [-0.05, 0) is 70.2 Å². The summed E-state index contributed by atoms with van der Waals surface area (Å²) in [5.41, 5.74) is 5.01. The summed E-state index contributed by atoms with van der Waals surface area (Å²) in [6.07, 6.45) is 7.49. The Morgan fingerprint density at radius 1 is 1.00 bits per heavy atom. The minimum atomic E-state index is -3.22. The zero-order valence-electron chi connectivity index (χ0n) is 24.9. The minimum Gasteiger partial charge on any atom is -0.329 e. The van der Waals surface area contributed by atoms with E-state index in [0.29, 0.717) is 37.8 Å². The van der Waals surface area contributed by atoms with Crippen molar-refractivity contribution in [3.8, 4) is 0 Å². The number of hydrogen-bond donors (Lipinski definition) is 1. The summed E-state index contributed by atoms with van der Waals surface area (Å²) in [5.74, 6) is 1.01. The van der Waals surface area contributed by atoms with Crippen LogP contribution in [0.1, 0.15) is 60.9 Å². The zero-order chi connectivity index (χ0) is 29.4. The maximum Gasteiger partial charge on any atom is 0.326 e. The molecule has 3 aliphatic rings. The standard InChI is InChI=1S/C32H42N6O3S/c1-23-10-12-25(13-11-23)34-32(39)37(26-8-5-4-6-9-26)18-7-17-36-27-14-15-28(36)21-29(20-27)38-24(2)33-30-22-35(42(3,40)41)19-16-31(30)38/h4-6,8-13,27-29H,7,14-22H2,1-3H3,(H,34,39)/t27-,28+,29?. The molecule has 9 nitrogen and oxygen atoms in total. The first-order valence-corrected chi connectivity index (χ1v) is 17.0. The molecule has 10 heteroatoms. The summed E-state index contributed by atoms with van der Waals surface area (Å²) >= 11 is 0. The fourth-order valence-corrected chi connectivity index (χ4v) is 8.08. The number of sulfonamides is 1. The number of anilines is 2. The Balaban J connectivity index is 1.10. The number of amides is 2. The fraction of sp³-hybridized carbons (Fsp3) is 0.500. The highest BCUT2D eigenvalue weighted by Crippen LogP contribution is 2.42. The number of aryl methyl sites for hydroxylation is 2. The number of hydrogen-bond acceptors (Lipinski definition) is 5. The van der Waals surface area contributed by atoms with Gasteiger partial charge in [-0.3, -0.25) is 9.80 Å². The number of rotatable bonds is 8. The van der Waals surface area contributed by atoms with E-state index in [1.165, 1.54) is 29.1 Å². The van der Waals surface area contributed by atoms with Crippen molar-refractivity contribution >= 4 is 27.4 Å². The van der Waals surface area contributed by atoms with Gasteiger partial charge < -0.3 is 9.88 Å². The van der Waals surface area contributed by atoms with Gasteiger partial charge in [0.2, 0.25) is 10.0 Å². The first kappa shape index (κ1) is 28.9. The van der Waals surface area contributed by atoms with Crippen LogP contribution in [0.2, 0.25) is 0 Å². The Kier molecular flexibility index (Phi) is 8.13. The van der Waals surface area contributed by atoms with E-state index in [9.17, 15) is 13.2 Å². The number of benzene rings is 2. The van der Waals surface area contributed by atoms with Crippen molar-refractivity contribution in [2.75, 3.05) is 36.1 Å². The highest BCUT2D eigenvalue weighted by Gasteiger charge is 2.42. The van der Waals surface area contributed by atoms with Crippen molar-refractivity contribution in [3.05, 3.63) is 77.4 Å². The summed E-state index contributed by atoms with van der Waals surface area (Å²) in [6.45, 7) is 6.62. The molecule has 6 rings (SSSR count). The monoisotopic (exact) mass is 590 g/mol. The highest BCUT2D eigenvalue weighted by atomic mass is 32.2. The number of carbonyl (C=O) groups excluding carboxylic acids is 1. The normalized spacial score (nSPS) is 22.6. The van der Waals surface area contributed by atoms with Gasteiger partial charge in [-0.2, -0.15) is 4.31 Å². The molecular formula is C32H42N6O3S. The molecule has 42 heavy (non-hydrogen) atoms. The van der Waals surface area contributed by atoms with Crippen molar-refractivity contribution in [1.82, 2.24) is 18.8 Å². The first-order chi connectivity index (χ1) is 20.2. The number of piperidine rings is 1. The lowest BCUT2D eigenvalue weighted by Crippen LogP contribution is -2.45. The van der Waals surface area contributed by atoms with E-state index in [0.717, 1.165) is 60.7 Å². The average molecular weight is 591 g/mol. The lowest BCUT2D eigenvalue weighted by Gasteiger charge is -2.41. The van der Waals surface area contributed by atoms with Crippen LogP contribution in [0.3, 0.4) is 0 Å². The molecule has 0 aliphatic carbocycles. The number of imidazole rings is 1. The van der Waals surface area contributed by atoms with Gasteiger partial charge in [0.15, 0.2) is 0 Å². The highest BCUT2D eigenvalue weighted by molar-refractivity contribution is 7.88. The molecule has 3 atom stereocenters. The lowest BCUT2D eigenvalue weighted by atomic mass is 9.96. The van der Waals surface area contributed by atoms with Crippen LogP contribution in [-0.2, 0) is 23.0 Å². The van der Waals surface area contributed by atoms with E-state index in [1.54, 1.807) is 0 Å². The van der Waals surface area contributed by atoms with Crippen LogP contribution in [0, 0.1) is 13.8 Å². The van der Waals surface area contributed by atoms with Crippen LogP contribution >= 0.6 is 0 Å². The Bertz CT molecular complexity index is 1510. The number of fused-ring (bicyclic) bond motifs is 3. The van der Waals surface area contributed by atoms with E-state index < -0.39 is 10.0 Å². The van der Waals surface area contributed by atoms with E-state index in [1.807, 2.05) is 66.4 Å². The number of aromatic nitrogens is 2. The Morgan fingerprint density at radius 3 is 2.36 bits per heavy atom. The van der Waals surface area contributed by atoms with E-state index >= 15 is 0 Å². The van der Waals surface area contributed by atoms with Crippen molar-refractivity contribution in [2.45, 2.75) is 77.0 Å². The Labute approximate surface area is 249 Å². The molecule has 2 fully saturated rings. The number of nitrogens with zero attached hydrogens (tertiary/aromatic N) is 5. The predicted octanol–water partition coefficient (Wildman–Crippen LogP) is 5.11. The maximum atomic E-state index is 13.4. The molecule has 1 aromatic heterocycles. The van der Waals surface area contributed by atoms with Crippen LogP contribution in [0.15, 0.2) is 54.6 Å². The SMILES string of the molecule is Cc1ccc(NC(=O)N(CCCN2[C@@H]3CC[C@H]2CC(n2c(C)nc4c2CCN(S(C)(=O)=O)C4)C3)c2ccccc2)cc1. The quantitative estimate of drug-likeness (QED) is 0.394. The molecule has 0 radical (unpaired) electrons. The van der Waals surface area contributed by atoms with Crippen molar-refractivity contribution in [3.63, 3.8) is 0 Å². The Morgan fingerprint density at radius 2 is 1.69 bits per heavy atom. The van der Waals surface area contributed by atoms with Crippen molar-refractivity contribution < 1.29 is 13.2 Å². The number of urea groups is 1. The molecule has 4 heterocycles. The summed E-state index contributed by atoms with van der Waals surface area (Å²) in [4.78, 5) is 22.7. The first-order valence-electron chi connectivity index (χ1n) is 15.1. The third-order valence-electron chi connectivity index (χ3n) is 9.30. The average Bonchev–Trinajstić information content (AvgIpc) is 3.41. The van der Waals surface area contributed by atoms with E-state index in [4.69, 9.17) is 4.98 Å². The van der Waals surface area contributed by atoms with Gasteiger partial charge in [0.25, 0.3) is 0 Å². The zero-order valence-corrected chi connectivity index (χ0v) is 25.7. The van der Waals surface area contributed by atoms with Crippen molar-refractivity contribution in [2.24, 2.45) is 0 Å². The maximum absolute atomic E-state index is 13.4. The molecule has 2 aromatic carbocycles. The van der Waals surface area contributed by atoms with Gasteiger partial charge in [0.05, 0.1) is 18.5 Å². The second-order valence-electron chi connectivity index (χ2n) is 12.2. The molecule has 0 saturated carbocycles. The number of carbonyl (C=O) groups is 1. The summed E-state index contributed by atoms with van der Waals surface area (Å²) in [7, 11) is -3.22. The lowest BCUT2D eigenvalue weighted by molar-refractivity contribution is 0.104. The van der Waals surface area contributed by atoms with Gasteiger partial charge in [0.1, 0.15) is 5.82 Å². The van der Waals surface area contributed by atoms with Crippen LogP contribution < -0.4 is 10.2 Å². The van der Waals surface area contributed by atoms with Crippen molar-refractivity contribution in [1.29, 1.82) is 0 Å². The topological polar surface area (TPSA) is 90.8 Å². The molecule has 3 aromatic rings. The van der Waals surface area contributed by atoms with Crippen LogP contribution in [-0.4, -0.2) is 71.2 Å². The third-order valence-corrected chi connectivity index (χ3v) is 10.6. The fourth-order valence-electron chi connectivity index (χ4n) is 7.30. The van der Waals surface area contributed by atoms with E-state index in [-0.39, 0.29) is 6.03 Å². The molecule has 1 unspecified atom stereocenters. The van der Waals surface area contributed by atoms with Gasteiger partial charge in [-0.25, -0.2) is 18.2 Å². The van der Waals surface area contributed by atoms with Crippen LogP contribution in [0.5, 0.6) is 0 Å². The summed E-state index contributed by atoms with van der Waals surface area (Å²) in [5, 5.41) is 3.08.